The van der Waals surface area contributed by atoms with Gasteiger partial charge in [0.2, 0.25) is 6.33 Å². The molecule has 0 saturated heterocycles. The van der Waals surface area contributed by atoms with E-state index in [0.29, 0.717) is 11.0 Å². The Morgan fingerprint density at radius 1 is 1.31 bits per heavy atom. The summed E-state index contributed by atoms with van der Waals surface area (Å²) in [6.45, 7) is 0. The maximum absolute atomic E-state index is 5.73. The molecule has 1 aromatic carbocycles. The van der Waals surface area contributed by atoms with Crippen LogP contribution in [0, 0.1) is 6.33 Å². The molecule has 2 rings (SSSR count). The molecule has 1 radical (unpaired) electrons. The highest BCUT2D eigenvalue weighted by Gasteiger charge is 2.03. The second-order valence-corrected chi connectivity index (χ2v) is 3.39. The van der Waals surface area contributed by atoms with Crippen LogP contribution >= 0.6 is 11.6 Å². The van der Waals surface area contributed by atoms with Crippen LogP contribution in [0.5, 0.6) is 5.75 Å². The molecule has 1 heterocycles. The quantitative estimate of drug-likeness (QED) is 0.830. The van der Waals surface area contributed by atoms with E-state index < -0.39 is 0 Å². The van der Waals surface area contributed by atoms with Gasteiger partial charge >= 0.3 is 0 Å². The number of methoxy groups -OCH3 is 1. The van der Waals surface area contributed by atoms with Crippen molar-refractivity contribution in [3.05, 3.63) is 41.8 Å². The minimum atomic E-state index is 0.340. The Kier molecular flexibility index (Phi) is 3.22. The van der Waals surface area contributed by atoms with Crippen LogP contribution in [-0.4, -0.2) is 17.1 Å². The second kappa shape index (κ2) is 4.81. The molecule has 0 unspecified atom stereocenters. The molecule has 0 bridgehead atoms. The lowest BCUT2D eigenvalue weighted by atomic mass is 10.3. The minimum absolute atomic E-state index is 0.340. The largest absolute Gasteiger partial charge is 0.495 e. The van der Waals surface area contributed by atoms with Crippen molar-refractivity contribution in [2.45, 2.75) is 0 Å². The van der Waals surface area contributed by atoms with E-state index in [4.69, 9.17) is 16.3 Å². The SMILES string of the molecule is COc1ccccc1Nc1cc(Cl)n[c]n1. The number of hydrogen-bond acceptors (Lipinski definition) is 4. The molecular weight excluding hydrogens is 226 g/mol. The average Bonchev–Trinajstić information content (AvgIpc) is 2.30. The van der Waals surface area contributed by atoms with Gasteiger partial charge in [0.15, 0.2) is 0 Å². The molecule has 0 saturated carbocycles. The zero-order chi connectivity index (χ0) is 11.4. The zero-order valence-electron chi connectivity index (χ0n) is 8.57. The predicted octanol–water partition coefficient (Wildman–Crippen LogP) is 2.68. The molecular formula is C11H9ClN3O. The van der Waals surface area contributed by atoms with Gasteiger partial charge in [0.25, 0.3) is 0 Å². The molecule has 16 heavy (non-hydrogen) atoms. The van der Waals surface area contributed by atoms with Crippen LogP contribution < -0.4 is 10.1 Å². The van der Waals surface area contributed by atoms with Gasteiger partial charge in [-0.1, -0.05) is 23.7 Å². The second-order valence-electron chi connectivity index (χ2n) is 3.00. The molecule has 0 spiro atoms. The Bertz CT molecular complexity index is 490. The van der Waals surface area contributed by atoms with E-state index in [2.05, 4.69) is 21.6 Å². The summed E-state index contributed by atoms with van der Waals surface area (Å²) in [5.74, 6) is 1.31. The smallest absolute Gasteiger partial charge is 0.201 e. The maximum atomic E-state index is 5.73. The lowest BCUT2D eigenvalue weighted by molar-refractivity contribution is 0.417. The third-order valence-electron chi connectivity index (χ3n) is 1.95. The van der Waals surface area contributed by atoms with Crippen LogP contribution in [0.4, 0.5) is 11.5 Å². The fraction of sp³-hybridized carbons (Fsp3) is 0.0909. The Hall–Kier alpha value is -1.81. The van der Waals surface area contributed by atoms with Crippen molar-refractivity contribution < 1.29 is 4.74 Å². The molecule has 4 nitrogen and oxygen atoms in total. The van der Waals surface area contributed by atoms with E-state index in [1.165, 1.54) is 0 Å². The number of para-hydroxylation sites is 2. The predicted molar refractivity (Wildman–Crippen MR) is 62.2 cm³/mol. The van der Waals surface area contributed by atoms with E-state index in [0.717, 1.165) is 11.4 Å². The molecule has 0 amide bonds. The Morgan fingerprint density at radius 3 is 2.88 bits per heavy atom. The van der Waals surface area contributed by atoms with Crippen molar-refractivity contribution in [3.8, 4) is 5.75 Å². The first-order valence-electron chi connectivity index (χ1n) is 4.60. The molecule has 1 aromatic heterocycles. The number of benzene rings is 1. The summed E-state index contributed by atoms with van der Waals surface area (Å²) in [6.07, 6.45) is 2.45. The fourth-order valence-corrected chi connectivity index (χ4v) is 1.40. The van der Waals surface area contributed by atoms with Crippen LogP contribution in [0.25, 0.3) is 0 Å². The van der Waals surface area contributed by atoms with Gasteiger partial charge in [-0.3, -0.25) is 0 Å². The van der Waals surface area contributed by atoms with Gasteiger partial charge in [0.1, 0.15) is 16.7 Å². The number of nitrogens with one attached hydrogen (secondary N) is 1. The first kappa shape index (κ1) is 10.7. The monoisotopic (exact) mass is 234 g/mol. The third kappa shape index (κ3) is 2.41. The molecule has 0 atom stereocenters. The lowest BCUT2D eigenvalue weighted by Crippen LogP contribution is -1.96. The maximum Gasteiger partial charge on any atom is 0.201 e. The van der Waals surface area contributed by atoms with Crippen molar-refractivity contribution in [1.82, 2.24) is 9.97 Å². The van der Waals surface area contributed by atoms with Crippen molar-refractivity contribution >= 4 is 23.1 Å². The number of hydrogen-bond donors (Lipinski definition) is 1. The molecule has 0 aliphatic heterocycles. The molecule has 0 aliphatic carbocycles. The van der Waals surface area contributed by atoms with Gasteiger partial charge in [-0.05, 0) is 12.1 Å². The van der Waals surface area contributed by atoms with E-state index >= 15 is 0 Å². The van der Waals surface area contributed by atoms with Crippen molar-refractivity contribution in [2.24, 2.45) is 0 Å². The zero-order valence-corrected chi connectivity index (χ0v) is 9.32. The van der Waals surface area contributed by atoms with Crippen molar-refractivity contribution in [1.29, 1.82) is 0 Å². The van der Waals surface area contributed by atoms with Crippen LogP contribution in [0.15, 0.2) is 30.3 Å². The fourth-order valence-electron chi connectivity index (χ4n) is 1.25. The molecule has 2 aromatic rings. The summed E-state index contributed by atoms with van der Waals surface area (Å²) >= 11 is 5.73. The number of halogens is 1. The van der Waals surface area contributed by atoms with Gasteiger partial charge < -0.3 is 10.1 Å². The Balaban J connectivity index is 2.26. The van der Waals surface area contributed by atoms with Crippen molar-refractivity contribution in [2.75, 3.05) is 12.4 Å². The summed E-state index contributed by atoms with van der Waals surface area (Å²) in [4.78, 5) is 7.61. The number of rotatable bonds is 3. The summed E-state index contributed by atoms with van der Waals surface area (Å²) < 4.78 is 5.20. The summed E-state index contributed by atoms with van der Waals surface area (Å²) in [5.41, 5.74) is 0.813. The number of aromatic nitrogens is 2. The first-order valence-corrected chi connectivity index (χ1v) is 4.98. The minimum Gasteiger partial charge on any atom is -0.495 e. The van der Waals surface area contributed by atoms with Gasteiger partial charge in [0, 0.05) is 6.07 Å². The van der Waals surface area contributed by atoms with Gasteiger partial charge in [-0.25, -0.2) is 9.97 Å². The normalized spacial score (nSPS) is 9.88. The summed E-state index contributed by atoms with van der Waals surface area (Å²) in [6, 6.07) is 9.15. The standard InChI is InChI=1S/C11H9ClN3O/c1-16-9-5-3-2-4-8(9)15-11-6-10(12)13-7-14-11/h2-6H,1H3,(H,13,14,15). The van der Waals surface area contributed by atoms with E-state index in [-0.39, 0.29) is 0 Å². The molecule has 0 aliphatic rings. The van der Waals surface area contributed by atoms with Crippen LogP contribution in [0.3, 0.4) is 0 Å². The van der Waals surface area contributed by atoms with Crippen LogP contribution in [0.1, 0.15) is 0 Å². The number of anilines is 2. The topological polar surface area (TPSA) is 47.0 Å². The lowest BCUT2D eigenvalue weighted by Gasteiger charge is -2.09. The molecule has 1 N–H and O–H groups in total. The van der Waals surface area contributed by atoms with Gasteiger partial charge in [-0.15, -0.1) is 0 Å². The van der Waals surface area contributed by atoms with E-state index in [9.17, 15) is 0 Å². The van der Waals surface area contributed by atoms with E-state index in [1.807, 2.05) is 24.3 Å². The third-order valence-corrected chi connectivity index (χ3v) is 2.15. The highest BCUT2D eigenvalue weighted by atomic mass is 35.5. The van der Waals surface area contributed by atoms with Gasteiger partial charge in [0.05, 0.1) is 12.8 Å². The molecule has 81 valence electrons. The van der Waals surface area contributed by atoms with Gasteiger partial charge in [-0.2, -0.15) is 0 Å². The summed E-state index contributed by atoms with van der Waals surface area (Å²) in [7, 11) is 1.61. The number of ether oxygens (including phenoxy) is 1. The first-order chi connectivity index (χ1) is 7.79. The highest BCUT2D eigenvalue weighted by Crippen LogP contribution is 2.26. The van der Waals surface area contributed by atoms with Crippen LogP contribution in [-0.2, 0) is 0 Å². The number of nitrogens with zero attached hydrogens (tertiary/aromatic N) is 2. The summed E-state index contributed by atoms with van der Waals surface area (Å²) in [5, 5.41) is 3.41. The van der Waals surface area contributed by atoms with E-state index in [1.54, 1.807) is 13.2 Å². The molecule has 5 heteroatoms. The Labute approximate surface area is 98.3 Å². The van der Waals surface area contributed by atoms with Crippen molar-refractivity contribution in [3.63, 3.8) is 0 Å². The Morgan fingerprint density at radius 2 is 2.12 bits per heavy atom. The molecule has 0 fully saturated rings. The highest BCUT2D eigenvalue weighted by molar-refractivity contribution is 6.29. The van der Waals surface area contributed by atoms with Crippen LogP contribution in [0.2, 0.25) is 5.15 Å². The average molecular weight is 235 g/mol.